The molecule has 1 N–H and O–H groups in total. The summed E-state index contributed by atoms with van der Waals surface area (Å²) >= 11 is 3.65. The molecule has 5 rings (SSSR count). The number of carbonyl (C=O) groups is 1. The van der Waals surface area contributed by atoms with Crippen LogP contribution in [0.2, 0.25) is 0 Å². The van der Waals surface area contributed by atoms with Crippen molar-refractivity contribution < 1.29 is 14.3 Å². The monoisotopic (exact) mass is 395 g/mol. The van der Waals surface area contributed by atoms with Crippen LogP contribution in [0.1, 0.15) is 23.5 Å². The summed E-state index contributed by atoms with van der Waals surface area (Å²) in [5, 5.41) is 5.34. The Bertz CT molecular complexity index is 1030. The average Bonchev–Trinajstić information content (AvgIpc) is 3.07. The van der Waals surface area contributed by atoms with Crippen molar-refractivity contribution in [3.8, 4) is 11.5 Å². The molecule has 2 aliphatic heterocycles. The van der Waals surface area contributed by atoms with Crippen LogP contribution < -0.4 is 14.8 Å². The van der Waals surface area contributed by atoms with Gasteiger partial charge in [0.25, 0.3) is 0 Å². The van der Waals surface area contributed by atoms with E-state index in [2.05, 4.69) is 33.4 Å². The van der Waals surface area contributed by atoms with Crippen LogP contribution in [0.15, 0.2) is 53.0 Å². The molecular formula is C20H14BrNO3. The quantitative estimate of drug-likeness (QED) is 0.643. The van der Waals surface area contributed by atoms with Crippen LogP contribution in [0.25, 0.3) is 10.8 Å². The second kappa shape index (κ2) is 5.49. The lowest BCUT2D eigenvalue weighted by molar-refractivity contribution is -0.116. The molecule has 25 heavy (non-hydrogen) atoms. The molecule has 1 atom stereocenters. The molecule has 1 amide bonds. The molecule has 0 radical (unpaired) electrons. The number of nitrogens with one attached hydrogen (secondary N) is 1. The van der Waals surface area contributed by atoms with Crippen LogP contribution in [0.5, 0.6) is 11.5 Å². The molecule has 124 valence electrons. The number of halogens is 1. The average molecular weight is 396 g/mol. The molecule has 0 fully saturated rings. The van der Waals surface area contributed by atoms with Gasteiger partial charge in [-0.05, 0) is 40.1 Å². The molecule has 0 aromatic heterocycles. The predicted octanol–water partition coefficient (Wildman–Crippen LogP) is 4.81. The molecule has 4 nitrogen and oxygen atoms in total. The van der Waals surface area contributed by atoms with E-state index in [1.807, 2.05) is 36.4 Å². The van der Waals surface area contributed by atoms with Gasteiger partial charge in [0.15, 0.2) is 11.5 Å². The summed E-state index contributed by atoms with van der Waals surface area (Å²) in [7, 11) is 0. The minimum atomic E-state index is -0.0428. The molecule has 0 aliphatic carbocycles. The van der Waals surface area contributed by atoms with Gasteiger partial charge >= 0.3 is 0 Å². The summed E-state index contributed by atoms with van der Waals surface area (Å²) in [5.41, 5.74) is 3.07. The van der Waals surface area contributed by atoms with Gasteiger partial charge in [-0.2, -0.15) is 0 Å². The van der Waals surface area contributed by atoms with E-state index in [1.54, 1.807) is 0 Å². The van der Waals surface area contributed by atoms with Crippen molar-refractivity contribution in [3.63, 3.8) is 0 Å². The van der Waals surface area contributed by atoms with Crippen LogP contribution in [0.4, 0.5) is 5.69 Å². The van der Waals surface area contributed by atoms with E-state index >= 15 is 0 Å². The molecular weight excluding hydrogens is 382 g/mol. The highest BCUT2D eigenvalue weighted by molar-refractivity contribution is 9.10. The summed E-state index contributed by atoms with van der Waals surface area (Å²) in [6, 6.07) is 16.2. The third kappa shape index (κ3) is 2.30. The Balaban J connectivity index is 1.76. The predicted molar refractivity (Wildman–Crippen MR) is 99.3 cm³/mol. The van der Waals surface area contributed by atoms with Crippen LogP contribution in [0, 0.1) is 0 Å². The van der Waals surface area contributed by atoms with E-state index < -0.39 is 0 Å². The fourth-order valence-corrected chi connectivity index (χ4v) is 4.33. The Morgan fingerprint density at radius 1 is 1.04 bits per heavy atom. The highest BCUT2D eigenvalue weighted by Crippen LogP contribution is 2.47. The molecule has 2 aliphatic rings. The lowest BCUT2D eigenvalue weighted by Crippen LogP contribution is -2.24. The maximum Gasteiger partial charge on any atom is 0.231 e. The highest BCUT2D eigenvalue weighted by atomic mass is 79.9. The fourth-order valence-electron chi connectivity index (χ4n) is 3.73. The third-order valence-corrected chi connectivity index (χ3v) is 5.54. The first-order valence-electron chi connectivity index (χ1n) is 8.11. The largest absolute Gasteiger partial charge is 0.454 e. The number of hydrogen-bond acceptors (Lipinski definition) is 3. The third-order valence-electron chi connectivity index (χ3n) is 4.85. The first-order valence-corrected chi connectivity index (χ1v) is 8.90. The molecule has 2 heterocycles. The standard InChI is InChI=1S/C20H14BrNO3/c21-15-9-18-17(24-10-25-18)7-13(15)14-8-19(23)22-16-6-5-11-3-1-2-4-12(11)20(14)16/h1-7,9,14H,8,10H2,(H,22,23)/t14-/m1/s1. The fraction of sp³-hybridized carbons (Fsp3) is 0.150. The summed E-state index contributed by atoms with van der Waals surface area (Å²) in [5.74, 6) is 1.44. The van der Waals surface area contributed by atoms with Crippen molar-refractivity contribution in [1.29, 1.82) is 0 Å². The Labute approximate surface area is 152 Å². The number of benzene rings is 3. The van der Waals surface area contributed by atoms with Gasteiger partial charge in [0, 0.05) is 22.5 Å². The van der Waals surface area contributed by atoms with Gasteiger partial charge in [-0.25, -0.2) is 0 Å². The van der Waals surface area contributed by atoms with Crippen molar-refractivity contribution in [2.45, 2.75) is 12.3 Å². The van der Waals surface area contributed by atoms with Crippen molar-refractivity contribution in [3.05, 3.63) is 64.1 Å². The van der Waals surface area contributed by atoms with Crippen LogP contribution in [0.3, 0.4) is 0 Å². The molecule has 0 saturated carbocycles. The maximum absolute atomic E-state index is 12.3. The van der Waals surface area contributed by atoms with Crippen LogP contribution in [-0.4, -0.2) is 12.7 Å². The van der Waals surface area contributed by atoms with E-state index in [9.17, 15) is 4.79 Å². The molecule has 3 aromatic rings. The minimum absolute atomic E-state index is 0.0253. The van der Waals surface area contributed by atoms with Crippen molar-refractivity contribution in [1.82, 2.24) is 0 Å². The molecule has 0 saturated heterocycles. The minimum Gasteiger partial charge on any atom is -0.454 e. The first-order chi connectivity index (χ1) is 12.2. The summed E-state index contributed by atoms with van der Waals surface area (Å²) in [6.45, 7) is 0.232. The first kappa shape index (κ1) is 14.8. The number of carbonyl (C=O) groups excluding carboxylic acids is 1. The lowest BCUT2D eigenvalue weighted by atomic mass is 9.82. The van der Waals surface area contributed by atoms with Gasteiger partial charge in [-0.15, -0.1) is 0 Å². The zero-order valence-corrected chi connectivity index (χ0v) is 14.8. The molecule has 3 aromatic carbocycles. The van der Waals surface area contributed by atoms with E-state index in [-0.39, 0.29) is 18.6 Å². The van der Waals surface area contributed by atoms with Crippen molar-refractivity contribution in [2.75, 3.05) is 12.1 Å². The topological polar surface area (TPSA) is 47.6 Å². The highest BCUT2D eigenvalue weighted by Gasteiger charge is 2.31. The van der Waals surface area contributed by atoms with E-state index in [4.69, 9.17) is 9.47 Å². The Morgan fingerprint density at radius 3 is 2.72 bits per heavy atom. The number of hydrogen-bond donors (Lipinski definition) is 1. The summed E-state index contributed by atoms with van der Waals surface area (Å²) in [6.07, 6.45) is 0.402. The van der Waals surface area contributed by atoms with Crippen molar-refractivity contribution >= 4 is 38.3 Å². The van der Waals surface area contributed by atoms with Gasteiger partial charge in [-0.1, -0.05) is 46.3 Å². The van der Waals surface area contributed by atoms with Crippen molar-refractivity contribution in [2.24, 2.45) is 0 Å². The number of ether oxygens (including phenoxy) is 2. The Morgan fingerprint density at radius 2 is 1.84 bits per heavy atom. The summed E-state index contributed by atoms with van der Waals surface area (Å²) in [4.78, 5) is 12.3. The van der Waals surface area contributed by atoms with E-state index in [1.165, 1.54) is 5.39 Å². The molecule has 5 heteroatoms. The van der Waals surface area contributed by atoms with Gasteiger partial charge < -0.3 is 14.8 Å². The number of fused-ring (bicyclic) bond motifs is 4. The SMILES string of the molecule is O=C1C[C@H](c2cc3c(cc2Br)OCO3)c2c(ccc3ccccc23)N1. The Kier molecular flexibility index (Phi) is 3.25. The second-order valence-electron chi connectivity index (χ2n) is 6.28. The second-order valence-corrected chi connectivity index (χ2v) is 7.13. The van der Waals surface area contributed by atoms with Crippen LogP contribution in [-0.2, 0) is 4.79 Å². The number of amides is 1. The number of rotatable bonds is 1. The lowest BCUT2D eigenvalue weighted by Gasteiger charge is -2.28. The molecule has 0 unspecified atom stereocenters. The van der Waals surface area contributed by atoms with Gasteiger partial charge in [0.05, 0.1) is 0 Å². The molecule has 0 bridgehead atoms. The Hall–Kier alpha value is -2.53. The smallest absolute Gasteiger partial charge is 0.231 e. The van der Waals surface area contributed by atoms with E-state index in [0.717, 1.165) is 38.2 Å². The number of anilines is 1. The molecule has 0 spiro atoms. The zero-order chi connectivity index (χ0) is 17.0. The maximum atomic E-state index is 12.3. The van der Waals surface area contributed by atoms with Gasteiger partial charge in [0.1, 0.15) is 0 Å². The van der Waals surface area contributed by atoms with E-state index in [0.29, 0.717) is 6.42 Å². The zero-order valence-electron chi connectivity index (χ0n) is 13.2. The van der Waals surface area contributed by atoms with Gasteiger partial charge in [-0.3, -0.25) is 4.79 Å². The normalized spacial score (nSPS) is 18.1. The summed E-state index contributed by atoms with van der Waals surface area (Å²) < 4.78 is 11.9. The van der Waals surface area contributed by atoms with Gasteiger partial charge in [0.2, 0.25) is 12.7 Å². The van der Waals surface area contributed by atoms with Crippen LogP contribution >= 0.6 is 15.9 Å².